The summed E-state index contributed by atoms with van der Waals surface area (Å²) in [5, 5.41) is 1.12. The first-order chi connectivity index (χ1) is 16.6. The highest BCUT2D eigenvalue weighted by Crippen LogP contribution is 2.23. The lowest BCUT2D eigenvalue weighted by molar-refractivity contribution is -0.129. The van der Waals surface area contributed by atoms with Crippen LogP contribution in [0.25, 0.3) is 10.9 Å². The number of ether oxygens (including phenoxy) is 1. The van der Waals surface area contributed by atoms with Crippen molar-refractivity contribution in [2.75, 3.05) is 19.4 Å². The second-order valence-corrected chi connectivity index (χ2v) is 9.22. The molecule has 172 valence electrons. The molecule has 0 spiro atoms. The van der Waals surface area contributed by atoms with Gasteiger partial charge in [-0.3, -0.25) is 14.2 Å². The molecule has 6 nitrogen and oxygen atoms in total. The Bertz CT molecular complexity index is 1400. The average Bonchev–Trinajstić information content (AvgIpc) is 2.89. The van der Waals surface area contributed by atoms with Gasteiger partial charge in [-0.15, -0.1) is 0 Å². The topological polar surface area (TPSA) is 64.4 Å². The van der Waals surface area contributed by atoms with Crippen molar-refractivity contribution >= 4 is 28.6 Å². The van der Waals surface area contributed by atoms with Crippen LogP contribution in [0.1, 0.15) is 16.7 Å². The van der Waals surface area contributed by atoms with E-state index in [0.29, 0.717) is 35.7 Å². The van der Waals surface area contributed by atoms with E-state index in [0.717, 1.165) is 17.7 Å². The number of carbonyl (C=O) groups excluding carboxylic acids is 1. The minimum Gasteiger partial charge on any atom is -0.497 e. The molecule has 0 atom stereocenters. The molecule has 4 aromatic rings. The molecule has 0 fully saturated rings. The van der Waals surface area contributed by atoms with Gasteiger partial charge in [0, 0.05) is 13.1 Å². The van der Waals surface area contributed by atoms with Crippen molar-refractivity contribution in [3.05, 3.63) is 99.8 Å². The summed E-state index contributed by atoms with van der Waals surface area (Å²) in [5.41, 5.74) is 4.00. The van der Waals surface area contributed by atoms with E-state index in [4.69, 9.17) is 9.72 Å². The summed E-state index contributed by atoms with van der Waals surface area (Å²) in [6.07, 6.45) is 0.864. The molecular weight excluding hydrogens is 446 g/mol. The first-order valence-corrected chi connectivity index (χ1v) is 12.2. The van der Waals surface area contributed by atoms with E-state index in [9.17, 15) is 9.59 Å². The highest BCUT2D eigenvalue weighted by molar-refractivity contribution is 7.99. The highest BCUT2D eigenvalue weighted by atomic mass is 32.2. The number of methoxy groups -OCH3 is 1. The summed E-state index contributed by atoms with van der Waals surface area (Å²) in [6.45, 7) is 1.70. The lowest BCUT2D eigenvalue weighted by Gasteiger charge is -2.28. The van der Waals surface area contributed by atoms with Crippen molar-refractivity contribution in [3.63, 3.8) is 0 Å². The van der Waals surface area contributed by atoms with Crippen LogP contribution in [0.15, 0.2) is 82.7 Å². The van der Waals surface area contributed by atoms with Crippen LogP contribution in [-0.4, -0.2) is 39.8 Å². The van der Waals surface area contributed by atoms with Crippen molar-refractivity contribution in [2.24, 2.45) is 0 Å². The predicted octanol–water partition coefficient (Wildman–Crippen LogP) is 4.13. The fourth-order valence-corrected chi connectivity index (χ4v) is 5.14. The van der Waals surface area contributed by atoms with Crippen LogP contribution in [0.3, 0.4) is 0 Å². The van der Waals surface area contributed by atoms with Gasteiger partial charge in [-0.1, -0.05) is 60.3 Å². The Labute approximate surface area is 202 Å². The van der Waals surface area contributed by atoms with Gasteiger partial charge in [0.2, 0.25) is 5.91 Å². The summed E-state index contributed by atoms with van der Waals surface area (Å²) in [6, 6.07) is 23.2. The molecule has 5 rings (SSSR count). The molecule has 1 aliphatic rings. The van der Waals surface area contributed by atoms with E-state index in [2.05, 4.69) is 12.1 Å². The number of hydrogen-bond donors (Lipinski definition) is 0. The number of benzene rings is 3. The summed E-state index contributed by atoms with van der Waals surface area (Å²) < 4.78 is 6.90. The van der Waals surface area contributed by atoms with Gasteiger partial charge in [-0.2, -0.15) is 0 Å². The van der Waals surface area contributed by atoms with E-state index in [1.54, 1.807) is 17.7 Å². The zero-order valence-corrected chi connectivity index (χ0v) is 19.8. The zero-order chi connectivity index (χ0) is 23.5. The second kappa shape index (κ2) is 9.73. The third-order valence-electron chi connectivity index (χ3n) is 6.13. The fraction of sp³-hybridized carbons (Fsp3) is 0.222. The quantitative estimate of drug-likeness (QED) is 0.313. The molecule has 0 unspecified atom stereocenters. The highest BCUT2D eigenvalue weighted by Gasteiger charge is 2.21. The second-order valence-electron chi connectivity index (χ2n) is 8.27. The minimum absolute atomic E-state index is 0.0536. The van der Waals surface area contributed by atoms with Crippen LogP contribution in [0.2, 0.25) is 0 Å². The monoisotopic (exact) mass is 471 g/mol. The van der Waals surface area contributed by atoms with Crippen molar-refractivity contribution in [1.29, 1.82) is 0 Å². The van der Waals surface area contributed by atoms with Gasteiger partial charge in [0.25, 0.3) is 5.56 Å². The van der Waals surface area contributed by atoms with Crippen LogP contribution in [0, 0.1) is 0 Å². The number of rotatable bonds is 6. The van der Waals surface area contributed by atoms with Crippen molar-refractivity contribution < 1.29 is 9.53 Å². The first-order valence-electron chi connectivity index (χ1n) is 11.2. The largest absolute Gasteiger partial charge is 0.497 e. The Hall–Kier alpha value is -3.58. The lowest BCUT2D eigenvalue weighted by Crippen LogP contribution is -2.37. The molecule has 0 saturated heterocycles. The molecule has 0 saturated carbocycles. The van der Waals surface area contributed by atoms with Gasteiger partial charge in [0.15, 0.2) is 5.16 Å². The summed E-state index contributed by atoms with van der Waals surface area (Å²) in [5.74, 6) is 1.05. The van der Waals surface area contributed by atoms with Gasteiger partial charge in [0.1, 0.15) is 5.75 Å². The Morgan fingerprint density at radius 3 is 2.53 bits per heavy atom. The molecule has 1 amide bonds. The van der Waals surface area contributed by atoms with Crippen LogP contribution >= 0.6 is 11.8 Å². The maximum Gasteiger partial charge on any atom is 0.262 e. The van der Waals surface area contributed by atoms with Gasteiger partial charge >= 0.3 is 0 Å². The molecular formula is C27H25N3O3S. The number of amides is 1. The molecule has 1 aliphatic heterocycles. The van der Waals surface area contributed by atoms with E-state index in [1.165, 1.54) is 22.9 Å². The summed E-state index contributed by atoms with van der Waals surface area (Å²) >= 11 is 1.32. The van der Waals surface area contributed by atoms with Gasteiger partial charge in [0.05, 0.1) is 30.3 Å². The fourth-order valence-electron chi connectivity index (χ4n) is 4.24. The van der Waals surface area contributed by atoms with Crippen LogP contribution < -0.4 is 10.3 Å². The number of aromatic nitrogens is 2. The van der Waals surface area contributed by atoms with E-state index in [1.807, 2.05) is 59.5 Å². The maximum atomic E-state index is 13.4. The standard InChI is InChI=1S/C27H25N3O3S/c1-33-22-12-10-19(11-13-22)16-30-26(32)23-8-4-5-9-24(23)28-27(30)34-18-25(31)29-15-14-20-6-2-3-7-21(20)17-29/h2-13H,14-18H2,1H3. The Morgan fingerprint density at radius 2 is 1.74 bits per heavy atom. The molecule has 1 aromatic heterocycles. The first kappa shape index (κ1) is 22.2. The molecule has 2 heterocycles. The summed E-state index contributed by atoms with van der Waals surface area (Å²) in [7, 11) is 1.62. The van der Waals surface area contributed by atoms with Gasteiger partial charge in [-0.25, -0.2) is 4.98 Å². The Kier molecular flexibility index (Phi) is 6.36. The van der Waals surface area contributed by atoms with E-state index in [-0.39, 0.29) is 17.2 Å². The van der Waals surface area contributed by atoms with Gasteiger partial charge < -0.3 is 9.64 Å². The molecule has 7 heteroatoms. The van der Waals surface area contributed by atoms with Crippen LogP contribution in [0.4, 0.5) is 0 Å². The van der Waals surface area contributed by atoms with Crippen LogP contribution in [-0.2, 0) is 24.3 Å². The third kappa shape index (κ3) is 4.56. The number of thioether (sulfide) groups is 1. The molecule has 34 heavy (non-hydrogen) atoms. The summed E-state index contributed by atoms with van der Waals surface area (Å²) in [4.78, 5) is 33.0. The molecule has 0 radical (unpaired) electrons. The van der Waals surface area contributed by atoms with Crippen molar-refractivity contribution in [1.82, 2.24) is 14.5 Å². The molecule has 3 aromatic carbocycles. The van der Waals surface area contributed by atoms with Crippen LogP contribution in [0.5, 0.6) is 5.75 Å². The molecule has 0 N–H and O–H groups in total. The van der Waals surface area contributed by atoms with Crippen molar-refractivity contribution in [2.45, 2.75) is 24.7 Å². The molecule has 0 aliphatic carbocycles. The number of nitrogens with zero attached hydrogens (tertiary/aromatic N) is 3. The number of carbonyl (C=O) groups is 1. The smallest absolute Gasteiger partial charge is 0.262 e. The number of para-hydroxylation sites is 1. The van der Waals surface area contributed by atoms with Crippen molar-refractivity contribution in [3.8, 4) is 5.75 Å². The maximum absolute atomic E-state index is 13.4. The Morgan fingerprint density at radius 1 is 1.00 bits per heavy atom. The lowest BCUT2D eigenvalue weighted by atomic mass is 10.00. The SMILES string of the molecule is COc1ccc(Cn2c(SCC(=O)N3CCc4ccccc4C3)nc3ccccc3c2=O)cc1. The Balaban J connectivity index is 1.40. The number of hydrogen-bond acceptors (Lipinski definition) is 5. The molecule has 0 bridgehead atoms. The zero-order valence-electron chi connectivity index (χ0n) is 18.9. The van der Waals surface area contributed by atoms with Gasteiger partial charge in [-0.05, 0) is 47.4 Å². The van der Waals surface area contributed by atoms with E-state index >= 15 is 0 Å². The predicted molar refractivity (Wildman–Crippen MR) is 134 cm³/mol. The third-order valence-corrected chi connectivity index (χ3v) is 7.10. The minimum atomic E-state index is -0.108. The number of fused-ring (bicyclic) bond motifs is 2. The van der Waals surface area contributed by atoms with E-state index < -0.39 is 0 Å². The normalized spacial score (nSPS) is 13.0. The average molecular weight is 472 g/mol.